The summed E-state index contributed by atoms with van der Waals surface area (Å²) in [6.45, 7) is 6.32. The third kappa shape index (κ3) is 4.33. The van der Waals surface area contributed by atoms with E-state index in [9.17, 15) is 9.59 Å². The fourth-order valence-electron chi connectivity index (χ4n) is 3.68. The molecule has 0 unspecified atom stereocenters. The van der Waals surface area contributed by atoms with E-state index in [2.05, 4.69) is 22.2 Å². The van der Waals surface area contributed by atoms with Crippen LogP contribution in [0.25, 0.3) is 11.1 Å². The first-order chi connectivity index (χ1) is 14.5. The number of fused-ring (bicyclic) bond motifs is 1. The molecule has 2 heterocycles. The summed E-state index contributed by atoms with van der Waals surface area (Å²) in [5.74, 6) is -0.399. The largest absolute Gasteiger partial charge is 0.450 e. The average Bonchev–Trinajstić information content (AvgIpc) is 3.03. The third-order valence-electron chi connectivity index (χ3n) is 5.31. The van der Waals surface area contributed by atoms with Crippen LogP contribution in [0, 0.1) is 0 Å². The Kier molecular flexibility index (Phi) is 5.76. The second-order valence-corrected chi connectivity index (χ2v) is 7.44. The van der Waals surface area contributed by atoms with Crippen LogP contribution >= 0.6 is 0 Å². The number of anilines is 2. The number of nitrogens with one attached hydrogen (secondary N) is 1. The topological polar surface area (TPSA) is 79.9 Å². The van der Waals surface area contributed by atoms with Gasteiger partial charge in [0.1, 0.15) is 0 Å². The van der Waals surface area contributed by atoms with Crippen LogP contribution in [0.2, 0.25) is 0 Å². The Morgan fingerprint density at radius 2 is 1.93 bits per heavy atom. The standard InChI is InChI=1S/C22H26N4O4/c1-3-29-21(27)23-17-6-4-5-16(13-17)15-26-19-14-18(7-8-20(19)30-22(26)28)25-11-9-24(2)10-12-25/h4-8,13-14H,3,9-12,15H2,1-2H3,(H,23,27). The van der Waals surface area contributed by atoms with Crippen molar-refractivity contribution in [2.24, 2.45) is 0 Å². The molecule has 158 valence electrons. The van der Waals surface area contributed by atoms with Gasteiger partial charge in [-0.05, 0) is 49.9 Å². The van der Waals surface area contributed by atoms with Crippen molar-refractivity contribution in [1.82, 2.24) is 9.47 Å². The highest BCUT2D eigenvalue weighted by molar-refractivity contribution is 5.84. The number of aromatic nitrogens is 1. The normalized spacial score (nSPS) is 14.8. The highest BCUT2D eigenvalue weighted by Crippen LogP contribution is 2.24. The van der Waals surface area contributed by atoms with Crippen molar-refractivity contribution in [2.45, 2.75) is 13.5 Å². The Morgan fingerprint density at radius 3 is 2.70 bits per heavy atom. The summed E-state index contributed by atoms with van der Waals surface area (Å²) >= 11 is 0. The molecule has 1 aromatic heterocycles. The van der Waals surface area contributed by atoms with Gasteiger partial charge in [0, 0.05) is 37.6 Å². The van der Waals surface area contributed by atoms with Crippen molar-refractivity contribution in [3.05, 3.63) is 58.6 Å². The summed E-state index contributed by atoms with van der Waals surface area (Å²) in [5, 5.41) is 2.69. The molecule has 0 bridgehead atoms. The van der Waals surface area contributed by atoms with Gasteiger partial charge in [0.25, 0.3) is 0 Å². The molecule has 1 aliphatic heterocycles. The van der Waals surface area contributed by atoms with Gasteiger partial charge >= 0.3 is 11.8 Å². The van der Waals surface area contributed by atoms with Gasteiger partial charge in [0.2, 0.25) is 0 Å². The highest BCUT2D eigenvalue weighted by Gasteiger charge is 2.17. The molecular formula is C22H26N4O4. The van der Waals surface area contributed by atoms with E-state index in [1.807, 2.05) is 36.4 Å². The number of likely N-dealkylation sites (N-methyl/N-ethyl adjacent to an activating group) is 1. The first-order valence-corrected chi connectivity index (χ1v) is 10.1. The molecule has 4 rings (SSSR count). The maximum absolute atomic E-state index is 12.5. The minimum absolute atomic E-state index is 0.303. The lowest BCUT2D eigenvalue weighted by Gasteiger charge is -2.34. The number of nitrogens with zero attached hydrogens (tertiary/aromatic N) is 3. The summed E-state index contributed by atoms with van der Waals surface area (Å²) in [6.07, 6.45) is -0.502. The second-order valence-electron chi connectivity index (χ2n) is 7.44. The van der Waals surface area contributed by atoms with E-state index < -0.39 is 11.8 Å². The Bertz CT molecular complexity index is 1100. The zero-order chi connectivity index (χ0) is 21.1. The van der Waals surface area contributed by atoms with Crippen LogP contribution in [0.3, 0.4) is 0 Å². The van der Waals surface area contributed by atoms with Crippen LogP contribution in [0.1, 0.15) is 12.5 Å². The first-order valence-electron chi connectivity index (χ1n) is 10.1. The number of ether oxygens (including phenoxy) is 1. The zero-order valence-corrected chi connectivity index (χ0v) is 17.3. The number of rotatable bonds is 5. The van der Waals surface area contributed by atoms with Crippen LogP contribution in [0.4, 0.5) is 16.2 Å². The van der Waals surface area contributed by atoms with Gasteiger partial charge in [0.15, 0.2) is 5.58 Å². The number of piperazine rings is 1. The molecule has 2 aromatic carbocycles. The van der Waals surface area contributed by atoms with Crippen LogP contribution in [0.5, 0.6) is 0 Å². The number of oxazole rings is 1. The first kappa shape index (κ1) is 20.0. The molecule has 8 heteroatoms. The fourth-order valence-corrected chi connectivity index (χ4v) is 3.68. The predicted molar refractivity (Wildman–Crippen MR) is 116 cm³/mol. The van der Waals surface area contributed by atoms with Crippen molar-refractivity contribution >= 4 is 28.6 Å². The van der Waals surface area contributed by atoms with Crippen molar-refractivity contribution < 1.29 is 13.9 Å². The van der Waals surface area contributed by atoms with Crippen molar-refractivity contribution in [2.75, 3.05) is 50.1 Å². The molecule has 1 saturated heterocycles. The average molecular weight is 410 g/mol. The number of hydrogen-bond acceptors (Lipinski definition) is 6. The molecule has 30 heavy (non-hydrogen) atoms. The molecule has 1 amide bonds. The number of carbonyl (C=O) groups is 1. The monoisotopic (exact) mass is 410 g/mol. The Morgan fingerprint density at radius 1 is 1.13 bits per heavy atom. The van der Waals surface area contributed by atoms with Gasteiger partial charge in [-0.3, -0.25) is 9.88 Å². The van der Waals surface area contributed by atoms with E-state index in [1.54, 1.807) is 17.6 Å². The Balaban J connectivity index is 1.59. The Hall–Kier alpha value is -3.26. The summed E-state index contributed by atoms with van der Waals surface area (Å²) in [4.78, 5) is 28.8. The number of amides is 1. The van der Waals surface area contributed by atoms with Gasteiger partial charge < -0.3 is 19.0 Å². The van der Waals surface area contributed by atoms with E-state index in [4.69, 9.17) is 9.15 Å². The molecular weight excluding hydrogens is 384 g/mol. The lowest BCUT2D eigenvalue weighted by atomic mass is 10.2. The molecule has 1 aliphatic rings. The predicted octanol–water partition coefficient (Wildman–Crippen LogP) is 2.96. The van der Waals surface area contributed by atoms with Crippen LogP contribution in [-0.2, 0) is 11.3 Å². The molecule has 8 nitrogen and oxygen atoms in total. The summed E-state index contributed by atoms with van der Waals surface area (Å²) in [5.41, 5.74) is 3.91. The lowest BCUT2D eigenvalue weighted by molar-refractivity contribution is 0.168. The summed E-state index contributed by atoms with van der Waals surface area (Å²) in [7, 11) is 2.12. The van der Waals surface area contributed by atoms with Crippen LogP contribution < -0.4 is 16.0 Å². The van der Waals surface area contributed by atoms with E-state index in [1.165, 1.54) is 0 Å². The quantitative estimate of drug-likeness (QED) is 0.697. The van der Waals surface area contributed by atoms with Crippen molar-refractivity contribution in [1.29, 1.82) is 0 Å². The van der Waals surface area contributed by atoms with E-state index >= 15 is 0 Å². The maximum atomic E-state index is 12.5. The number of carbonyl (C=O) groups excluding carboxylic acids is 1. The van der Waals surface area contributed by atoms with Crippen LogP contribution in [-0.4, -0.2) is 55.4 Å². The fraction of sp³-hybridized carbons (Fsp3) is 0.364. The van der Waals surface area contributed by atoms with Crippen molar-refractivity contribution in [3.63, 3.8) is 0 Å². The molecule has 3 aromatic rings. The van der Waals surface area contributed by atoms with E-state index in [0.717, 1.165) is 42.9 Å². The minimum atomic E-state index is -0.502. The molecule has 0 atom stereocenters. The van der Waals surface area contributed by atoms with Crippen molar-refractivity contribution in [3.8, 4) is 0 Å². The molecule has 1 N–H and O–H groups in total. The highest BCUT2D eigenvalue weighted by atomic mass is 16.5. The molecule has 0 spiro atoms. The Labute approximate surface area is 174 Å². The van der Waals surface area contributed by atoms with E-state index in [-0.39, 0.29) is 0 Å². The van der Waals surface area contributed by atoms with Gasteiger partial charge in [-0.15, -0.1) is 0 Å². The molecule has 0 radical (unpaired) electrons. The molecule has 0 aliphatic carbocycles. The van der Waals surface area contributed by atoms with Gasteiger partial charge in [-0.1, -0.05) is 12.1 Å². The van der Waals surface area contributed by atoms with Gasteiger partial charge in [-0.2, -0.15) is 0 Å². The van der Waals surface area contributed by atoms with Crippen LogP contribution in [0.15, 0.2) is 51.7 Å². The lowest BCUT2D eigenvalue weighted by Crippen LogP contribution is -2.44. The maximum Gasteiger partial charge on any atom is 0.420 e. The number of hydrogen-bond donors (Lipinski definition) is 1. The number of benzene rings is 2. The summed E-state index contributed by atoms with van der Waals surface area (Å²) in [6, 6.07) is 13.2. The molecule has 0 saturated carbocycles. The third-order valence-corrected chi connectivity index (χ3v) is 5.31. The smallest absolute Gasteiger partial charge is 0.420 e. The van der Waals surface area contributed by atoms with E-state index in [0.29, 0.717) is 24.4 Å². The zero-order valence-electron chi connectivity index (χ0n) is 17.3. The molecule has 1 fully saturated rings. The SMILES string of the molecule is CCOC(=O)Nc1cccc(Cn2c(=O)oc3ccc(N4CCN(C)CC4)cc32)c1. The minimum Gasteiger partial charge on any atom is -0.450 e. The van der Waals surface area contributed by atoms with Gasteiger partial charge in [0.05, 0.1) is 18.7 Å². The second kappa shape index (κ2) is 8.62. The summed E-state index contributed by atoms with van der Waals surface area (Å²) < 4.78 is 12.0. The van der Waals surface area contributed by atoms with Gasteiger partial charge in [-0.25, -0.2) is 9.59 Å².